The molecule has 2 aromatic rings. The third-order valence-electron chi connectivity index (χ3n) is 4.01. The smallest absolute Gasteiger partial charge is 0.244 e. The van der Waals surface area contributed by atoms with Crippen molar-refractivity contribution in [2.45, 2.75) is 12.5 Å². The summed E-state index contributed by atoms with van der Waals surface area (Å²) in [6.07, 6.45) is 2.13. The summed E-state index contributed by atoms with van der Waals surface area (Å²) in [5.74, 6) is 3.97. The highest BCUT2D eigenvalue weighted by molar-refractivity contribution is 8.00. The molecule has 0 radical (unpaired) electrons. The van der Waals surface area contributed by atoms with E-state index in [0.717, 1.165) is 28.4 Å². The predicted molar refractivity (Wildman–Crippen MR) is 107 cm³/mol. The molecule has 0 saturated carbocycles. The summed E-state index contributed by atoms with van der Waals surface area (Å²) in [6, 6.07) is 13.0. The van der Waals surface area contributed by atoms with Crippen molar-refractivity contribution in [1.29, 1.82) is 0 Å². The van der Waals surface area contributed by atoms with Crippen LogP contribution in [0.25, 0.3) is 0 Å². The molecule has 1 aliphatic heterocycles. The van der Waals surface area contributed by atoms with E-state index in [1.54, 1.807) is 32.6 Å². The standard InChI is InChI=1S/C20H22N2O4S/c1-24-18-8-5-15(9-19(18)25-2)10-20(23)22-21-11-14-3-6-16(7-4-14)26-17-12-27-13-17/h3-9,11,17H,10,12-13H2,1-2H3,(H,22,23)/b21-11-. The van der Waals surface area contributed by atoms with Gasteiger partial charge >= 0.3 is 0 Å². The molecule has 0 spiro atoms. The van der Waals surface area contributed by atoms with Gasteiger partial charge in [0.2, 0.25) is 5.91 Å². The van der Waals surface area contributed by atoms with Crippen LogP contribution < -0.4 is 19.6 Å². The van der Waals surface area contributed by atoms with Gasteiger partial charge in [-0.2, -0.15) is 16.9 Å². The van der Waals surface area contributed by atoms with Gasteiger partial charge in [0.25, 0.3) is 0 Å². The Kier molecular flexibility index (Phi) is 6.59. The molecule has 0 unspecified atom stereocenters. The first-order valence-electron chi connectivity index (χ1n) is 8.55. The summed E-state index contributed by atoms with van der Waals surface area (Å²) in [4.78, 5) is 12.1. The Morgan fingerprint density at radius 2 is 1.89 bits per heavy atom. The third-order valence-corrected chi connectivity index (χ3v) is 5.22. The highest BCUT2D eigenvalue weighted by Gasteiger charge is 2.19. The largest absolute Gasteiger partial charge is 0.493 e. The van der Waals surface area contributed by atoms with Crippen LogP contribution in [0.2, 0.25) is 0 Å². The minimum atomic E-state index is -0.207. The van der Waals surface area contributed by atoms with Crippen molar-refractivity contribution >= 4 is 23.9 Å². The summed E-state index contributed by atoms with van der Waals surface area (Å²) < 4.78 is 16.2. The second-order valence-electron chi connectivity index (χ2n) is 6.01. The number of nitrogens with zero attached hydrogens (tertiary/aromatic N) is 1. The van der Waals surface area contributed by atoms with Crippen LogP contribution in [0.15, 0.2) is 47.6 Å². The van der Waals surface area contributed by atoms with E-state index >= 15 is 0 Å². The van der Waals surface area contributed by atoms with Crippen LogP contribution in [-0.2, 0) is 11.2 Å². The number of methoxy groups -OCH3 is 2. The van der Waals surface area contributed by atoms with Crippen LogP contribution in [0.1, 0.15) is 11.1 Å². The molecule has 142 valence electrons. The number of benzene rings is 2. The summed E-state index contributed by atoms with van der Waals surface area (Å²) in [7, 11) is 3.14. The van der Waals surface area contributed by atoms with Gasteiger partial charge in [-0.15, -0.1) is 0 Å². The number of hydrogen-bond donors (Lipinski definition) is 1. The molecule has 6 nitrogen and oxygen atoms in total. The summed E-state index contributed by atoms with van der Waals surface area (Å²) in [6.45, 7) is 0. The van der Waals surface area contributed by atoms with E-state index in [0.29, 0.717) is 17.6 Å². The first-order chi connectivity index (χ1) is 13.2. The van der Waals surface area contributed by atoms with E-state index in [9.17, 15) is 4.79 Å². The Balaban J connectivity index is 1.49. The number of amides is 1. The Hall–Kier alpha value is -2.67. The summed E-state index contributed by atoms with van der Waals surface area (Å²) in [5.41, 5.74) is 4.24. The molecular formula is C20H22N2O4S. The lowest BCUT2D eigenvalue weighted by atomic mass is 10.1. The van der Waals surface area contributed by atoms with Crippen LogP contribution >= 0.6 is 11.8 Å². The van der Waals surface area contributed by atoms with E-state index in [4.69, 9.17) is 14.2 Å². The number of nitrogens with one attached hydrogen (secondary N) is 1. The monoisotopic (exact) mass is 386 g/mol. The fourth-order valence-electron chi connectivity index (χ4n) is 2.50. The van der Waals surface area contributed by atoms with Gasteiger partial charge in [-0.3, -0.25) is 4.79 Å². The fourth-order valence-corrected chi connectivity index (χ4v) is 3.07. The Bertz CT molecular complexity index is 804. The second-order valence-corrected chi connectivity index (χ2v) is 7.08. The number of hydrazone groups is 1. The molecule has 0 bridgehead atoms. The van der Waals surface area contributed by atoms with Gasteiger partial charge in [0.1, 0.15) is 11.9 Å². The molecule has 3 rings (SSSR count). The number of hydrogen-bond acceptors (Lipinski definition) is 6. The maximum atomic E-state index is 12.1. The molecule has 1 saturated heterocycles. The van der Waals surface area contributed by atoms with E-state index in [1.807, 2.05) is 42.1 Å². The predicted octanol–water partition coefficient (Wildman–Crippen LogP) is 2.89. The zero-order valence-corrected chi connectivity index (χ0v) is 16.1. The average molecular weight is 386 g/mol. The SMILES string of the molecule is COc1ccc(CC(=O)N/N=C\c2ccc(OC3CSC3)cc2)cc1OC. The quantitative estimate of drug-likeness (QED) is 0.558. The molecule has 1 aliphatic rings. The fraction of sp³-hybridized carbons (Fsp3) is 0.300. The number of carbonyl (C=O) groups excluding carboxylic acids is 1. The van der Waals surface area contributed by atoms with E-state index < -0.39 is 0 Å². The number of rotatable bonds is 8. The maximum absolute atomic E-state index is 12.1. The van der Waals surface area contributed by atoms with Crippen molar-refractivity contribution in [2.75, 3.05) is 25.7 Å². The van der Waals surface area contributed by atoms with Gasteiger partial charge in [-0.25, -0.2) is 5.43 Å². The molecule has 1 N–H and O–H groups in total. The average Bonchev–Trinajstić information content (AvgIpc) is 2.65. The highest BCUT2D eigenvalue weighted by Crippen LogP contribution is 2.27. The molecule has 27 heavy (non-hydrogen) atoms. The van der Waals surface area contributed by atoms with Crippen LogP contribution in [-0.4, -0.2) is 44.0 Å². The van der Waals surface area contributed by atoms with Gasteiger partial charge in [0.05, 0.1) is 26.9 Å². The van der Waals surface area contributed by atoms with Gasteiger partial charge in [-0.05, 0) is 47.5 Å². The highest BCUT2D eigenvalue weighted by atomic mass is 32.2. The number of carbonyl (C=O) groups is 1. The van der Waals surface area contributed by atoms with E-state index in [2.05, 4.69) is 10.5 Å². The molecule has 2 aromatic carbocycles. The van der Waals surface area contributed by atoms with Crippen LogP contribution in [0.4, 0.5) is 0 Å². The van der Waals surface area contributed by atoms with Gasteiger partial charge in [-0.1, -0.05) is 6.07 Å². The molecular weight excluding hydrogens is 364 g/mol. The Labute approximate surface area is 162 Å². The first kappa shape index (κ1) is 19.1. The zero-order chi connectivity index (χ0) is 19.1. The van der Waals surface area contributed by atoms with Crippen molar-refractivity contribution in [1.82, 2.24) is 5.43 Å². The van der Waals surface area contributed by atoms with Crippen LogP contribution in [0.3, 0.4) is 0 Å². The second kappa shape index (κ2) is 9.32. The molecule has 1 fully saturated rings. The lowest BCUT2D eigenvalue weighted by molar-refractivity contribution is -0.120. The van der Waals surface area contributed by atoms with E-state index in [1.165, 1.54) is 0 Å². The molecule has 7 heteroatoms. The number of thioether (sulfide) groups is 1. The minimum Gasteiger partial charge on any atom is -0.493 e. The lowest BCUT2D eigenvalue weighted by Crippen LogP contribution is -2.30. The molecule has 1 heterocycles. The Morgan fingerprint density at radius 3 is 2.52 bits per heavy atom. The van der Waals surface area contributed by atoms with Crippen molar-refractivity contribution in [3.63, 3.8) is 0 Å². The van der Waals surface area contributed by atoms with Crippen molar-refractivity contribution < 1.29 is 19.0 Å². The minimum absolute atomic E-state index is 0.198. The van der Waals surface area contributed by atoms with Crippen molar-refractivity contribution in [3.05, 3.63) is 53.6 Å². The Morgan fingerprint density at radius 1 is 1.15 bits per heavy atom. The van der Waals surface area contributed by atoms with Gasteiger partial charge in [0, 0.05) is 11.5 Å². The normalized spacial score (nSPS) is 13.9. The summed E-state index contributed by atoms with van der Waals surface area (Å²) in [5, 5.41) is 4.01. The maximum Gasteiger partial charge on any atom is 0.244 e. The van der Waals surface area contributed by atoms with Crippen LogP contribution in [0, 0.1) is 0 Å². The van der Waals surface area contributed by atoms with Crippen molar-refractivity contribution in [3.8, 4) is 17.2 Å². The molecule has 0 aromatic heterocycles. The lowest BCUT2D eigenvalue weighted by Gasteiger charge is -2.25. The molecule has 0 atom stereocenters. The molecule has 0 aliphatic carbocycles. The van der Waals surface area contributed by atoms with Gasteiger partial charge in [0.15, 0.2) is 11.5 Å². The number of ether oxygens (including phenoxy) is 3. The van der Waals surface area contributed by atoms with Crippen LogP contribution in [0.5, 0.6) is 17.2 Å². The first-order valence-corrected chi connectivity index (χ1v) is 9.70. The topological polar surface area (TPSA) is 69.2 Å². The van der Waals surface area contributed by atoms with E-state index in [-0.39, 0.29) is 12.3 Å². The zero-order valence-electron chi connectivity index (χ0n) is 15.3. The molecule has 1 amide bonds. The third kappa shape index (κ3) is 5.40. The summed E-state index contributed by atoms with van der Waals surface area (Å²) >= 11 is 1.89. The van der Waals surface area contributed by atoms with Crippen molar-refractivity contribution in [2.24, 2.45) is 5.10 Å². The van der Waals surface area contributed by atoms with Gasteiger partial charge < -0.3 is 14.2 Å².